The molecule has 0 saturated carbocycles. The third-order valence-corrected chi connectivity index (χ3v) is 1.18. The molecule has 0 aliphatic rings. The summed E-state index contributed by atoms with van der Waals surface area (Å²) in [5.74, 6) is -2.27. The van der Waals surface area contributed by atoms with E-state index in [0.29, 0.717) is 6.42 Å². The maximum absolute atomic E-state index is 11.6. The van der Waals surface area contributed by atoms with Gasteiger partial charge in [-0.15, -0.1) is 0 Å². The Bertz CT molecular complexity index is 172. The highest BCUT2D eigenvalue weighted by atomic mass is 19.4. The standard InChI is InChI=1S/C6H11F3N2O2/c7-6(8,9)5(12)13-4(11)2-1-3-10/h4H,1-3,10-11H2. The van der Waals surface area contributed by atoms with Gasteiger partial charge >= 0.3 is 12.1 Å². The Hall–Kier alpha value is -0.820. The molecule has 0 aliphatic heterocycles. The van der Waals surface area contributed by atoms with Crippen molar-refractivity contribution in [3.05, 3.63) is 0 Å². The van der Waals surface area contributed by atoms with E-state index in [1.54, 1.807) is 0 Å². The van der Waals surface area contributed by atoms with Gasteiger partial charge in [0.1, 0.15) is 0 Å². The lowest BCUT2D eigenvalue weighted by Crippen LogP contribution is -2.34. The molecule has 0 saturated heterocycles. The Morgan fingerprint density at radius 3 is 2.38 bits per heavy atom. The van der Waals surface area contributed by atoms with Crippen LogP contribution in [0.3, 0.4) is 0 Å². The van der Waals surface area contributed by atoms with E-state index in [4.69, 9.17) is 11.5 Å². The molecule has 78 valence electrons. The van der Waals surface area contributed by atoms with Crippen molar-refractivity contribution in [3.63, 3.8) is 0 Å². The summed E-state index contributed by atoms with van der Waals surface area (Å²) >= 11 is 0. The van der Waals surface area contributed by atoms with E-state index in [0.717, 1.165) is 0 Å². The van der Waals surface area contributed by atoms with Crippen LogP contribution in [-0.4, -0.2) is 24.9 Å². The SMILES string of the molecule is NCCCC(N)OC(=O)C(F)(F)F. The Balaban J connectivity index is 3.79. The zero-order chi connectivity index (χ0) is 10.5. The number of carbonyl (C=O) groups excluding carboxylic acids is 1. The van der Waals surface area contributed by atoms with Crippen LogP contribution in [0.15, 0.2) is 0 Å². The molecule has 4 nitrogen and oxygen atoms in total. The molecule has 0 amide bonds. The van der Waals surface area contributed by atoms with Gasteiger partial charge in [-0.25, -0.2) is 4.79 Å². The van der Waals surface area contributed by atoms with E-state index in [2.05, 4.69) is 4.74 Å². The predicted octanol–water partition coefficient (Wildman–Crippen LogP) is 0.116. The van der Waals surface area contributed by atoms with Crippen molar-refractivity contribution < 1.29 is 22.7 Å². The van der Waals surface area contributed by atoms with Crippen LogP contribution in [0.1, 0.15) is 12.8 Å². The monoisotopic (exact) mass is 200 g/mol. The second kappa shape index (κ2) is 5.03. The molecule has 0 bridgehead atoms. The number of alkyl halides is 3. The van der Waals surface area contributed by atoms with Gasteiger partial charge in [0.2, 0.25) is 0 Å². The fourth-order valence-corrected chi connectivity index (χ4v) is 0.582. The van der Waals surface area contributed by atoms with Crippen LogP contribution in [0.4, 0.5) is 13.2 Å². The number of hydrogen-bond acceptors (Lipinski definition) is 4. The van der Waals surface area contributed by atoms with Crippen LogP contribution in [0.25, 0.3) is 0 Å². The van der Waals surface area contributed by atoms with Crippen molar-refractivity contribution in [1.82, 2.24) is 0 Å². The third-order valence-electron chi connectivity index (χ3n) is 1.18. The zero-order valence-corrected chi connectivity index (χ0v) is 6.80. The van der Waals surface area contributed by atoms with Crippen molar-refractivity contribution in [3.8, 4) is 0 Å². The average molecular weight is 200 g/mol. The maximum atomic E-state index is 11.6. The van der Waals surface area contributed by atoms with Crippen molar-refractivity contribution in [2.75, 3.05) is 6.54 Å². The number of halogens is 3. The van der Waals surface area contributed by atoms with Gasteiger partial charge in [0.15, 0.2) is 6.23 Å². The maximum Gasteiger partial charge on any atom is 0.490 e. The average Bonchev–Trinajstić information content (AvgIpc) is 1.99. The molecule has 4 N–H and O–H groups in total. The molecule has 0 aromatic carbocycles. The van der Waals surface area contributed by atoms with Gasteiger partial charge in [-0.1, -0.05) is 0 Å². The number of nitrogens with two attached hydrogens (primary N) is 2. The summed E-state index contributed by atoms with van der Waals surface area (Å²) in [6, 6.07) is 0. The molecule has 0 aromatic rings. The summed E-state index contributed by atoms with van der Waals surface area (Å²) in [6.07, 6.45) is -5.69. The summed E-state index contributed by atoms with van der Waals surface area (Å²) in [5, 5.41) is 0. The minimum atomic E-state index is -4.99. The van der Waals surface area contributed by atoms with Gasteiger partial charge in [0, 0.05) is 0 Å². The normalized spacial score (nSPS) is 13.9. The van der Waals surface area contributed by atoms with Crippen LogP contribution >= 0.6 is 0 Å². The van der Waals surface area contributed by atoms with E-state index in [-0.39, 0.29) is 13.0 Å². The van der Waals surface area contributed by atoms with E-state index in [1.165, 1.54) is 0 Å². The highest BCUT2D eigenvalue weighted by Gasteiger charge is 2.41. The molecule has 7 heteroatoms. The lowest BCUT2D eigenvalue weighted by atomic mass is 10.3. The Labute approximate surface area is 73.0 Å². The molecule has 13 heavy (non-hydrogen) atoms. The van der Waals surface area contributed by atoms with Crippen LogP contribution in [0.5, 0.6) is 0 Å². The lowest BCUT2D eigenvalue weighted by Gasteiger charge is -2.13. The molecule has 0 fully saturated rings. The van der Waals surface area contributed by atoms with Gasteiger partial charge in [-0.2, -0.15) is 13.2 Å². The smallest absolute Gasteiger partial charge is 0.440 e. The minimum Gasteiger partial charge on any atom is -0.440 e. The molecule has 0 heterocycles. The van der Waals surface area contributed by atoms with Gasteiger partial charge in [-0.05, 0) is 19.4 Å². The Kier molecular flexibility index (Phi) is 4.71. The molecular weight excluding hydrogens is 189 g/mol. The van der Waals surface area contributed by atoms with E-state index in [1.807, 2.05) is 0 Å². The zero-order valence-electron chi connectivity index (χ0n) is 6.80. The molecule has 0 spiro atoms. The van der Waals surface area contributed by atoms with Crippen LogP contribution in [0, 0.1) is 0 Å². The van der Waals surface area contributed by atoms with Gasteiger partial charge in [0.05, 0.1) is 0 Å². The van der Waals surface area contributed by atoms with Gasteiger partial charge < -0.3 is 10.5 Å². The number of esters is 1. The highest BCUT2D eigenvalue weighted by Crippen LogP contribution is 2.17. The van der Waals surface area contributed by atoms with E-state index < -0.39 is 18.4 Å². The second-order valence-electron chi connectivity index (χ2n) is 2.37. The number of hydrogen-bond donors (Lipinski definition) is 2. The third kappa shape index (κ3) is 5.42. The largest absolute Gasteiger partial charge is 0.490 e. The number of rotatable bonds is 4. The Morgan fingerprint density at radius 1 is 1.46 bits per heavy atom. The fraction of sp³-hybridized carbons (Fsp3) is 0.833. The number of ether oxygens (including phenoxy) is 1. The predicted molar refractivity (Wildman–Crippen MR) is 38.4 cm³/mol. The van der Waals surface area contributed by atoms with Crippen LogP contribution < -0.4 is 11.5 Å². The number of carbonyl (C=O) groups is 1. The van der Waals surface area contributed by atoms with Crippen LogP contribution in [0.2, 0.25) is 0 Å². The van der Waals surface area contributed by atoms with Crippen molar-refractivity contribution >= 4 is 5.97 Å². The highest BCUT2D eigenvalue weighted by molar-refractivity contribution is 5.75. The molecule has 0 rings (SSSR count). The minimum absolute atomic E-state index is 0.123. The molecule has 0 aromatic heterocycles. The van der Waals surface area contributed by atoms with Gasteiger partial charge in [-0.3, -0.25) is 5.73 Å². The van der Waals surface area contributed by atoms with Crippen LogP contribution in [-0.2, 0) is 9.53 Å². The molecule has 1 atom stereocenters. The lowest BCUT2D eigenvalue weighted by molar-refractivity contribution is -0.204. The van der Waals surface area contributed by atoms with Crippen molar-refractivity contribution in [2.45, 2.75) is 25.2 Å². The van der Waals surface area contributed by atoms with Crippen molar-refractivity contribution in [2.24, 2.45) is 11.5 Å². The second-order valence-corrected chi connectivity index (χ2v) is 2.37. The van der Waals surface area contributed by atoms with E-state index in [9.17, 15) is 18.0 Å². The van der Waals surface area contributed by atoms with Crippen molar-refractivity contribution in [1.29, 1.82) is 0 Å². The summed E-state index contributed by atoms with van der Waals surface area (Å²) in [4.78, 5) is 10.2. The first-order valence-corrected chi connectivity index (χ1v) is 3.61. The molecule has 0 aliphatic carbocycles. The summed E-state index contributed by atoms with van der Waals surface area (Å²) in [7, 11) is 0. The molecule has 1 unspecified atom stereocenters. The topological polar surface area (TPSA) is 78.3 Å². The molecular formula is C6H11F3N2O2. The molecule has 0 radical (unpaired) electrons. The van der Waals surface area contributed by atoms with Gasteiger partial charge in [0.25, 0.3) is 0 Å². The summed E-state index contributed by atoms with van der Waals surface area (Å²) in [5.41, 5.74) is 10.1. The summed E-state index contributed by atoms with van der Waals surface area (Å²) < 4.78 is 38.6. The summed E-state index contributed by atoms with van der Waals surface area (Å²) in [6.45, 7) is 0.289. The van der Waals surface area contributed by atoms with E-state index >= 15 is 0 Å². The fourth-order valence-electron chi connectivity index (χ4n) is 0.582. The quantitative estimate of drug-likeness (QED) is 0.499. The Morgan fingerprint density at radius 2 is 2.00 bits per heavy atom. The first-order chi connectivity index (χ1) is 5.88. The first-order valence-electron chi connectivity index (χ1n) is 3.61. The first kappa shape index (κ1) is 12.2.